The molecule has 1 aromatic heterocycles. The minimum Gasteiger partial charge on any atom is -0.492 e. The van der Waals surface area contributed by atoms with E-state index < -0.39 is 5.97 Å². The maximum Gasteiger partial charge on any atom is 0.308 e. The Labute approximate surface area is 215 Å². The van der Waals surface area contributed by atoms with Crippen molar-refractivity contribution in [3.8, 4) is 11.5 Å². The number of likely N-dealkylation sites (N-methyl/N-ethyl adjacent to an activating group) is 1. The first-order valence-electron chi connectivity index (χ1n) is 12.2. The highest BCUT2D eigenvalue weighted by atomic mass is 32.1. The van der Waals surface area contributed by atoms with Gasteiger partial charge < -0.3 is 25.4 Å². The molecule has 2 heterocycles. The molecule has 1 aliphatic rings. The number of benzene rings is 2. The number of likely N-dealkylation sites (tertiary alicyclic amines) is 1. The number of carbonyl (C=O) groups excluding carboxylic acids is 2. The van der Waals surface area contributed by atoms with Gasteiger partial charge in [0, 0.05) is 24.2 Å². The van der Waals surface area contributed by atoms with Crippen molar-refractivity contribution in [2.75, 3.05) is 31.2 Å². The van der Waals surface area contributed by atoms with Gasteiger partial charge in [-0.05, 0) is 80.9 Å². The summed E-state index contributed by atoms with van der Waals surface area (Å²) in [5, 5.41) is 3.75. The van der Waals surface area contributed by atoms with Gasteiger partial charge in [-0.3, -0.25) is 9.59 Å². The highest BCUT2D eigenvalue weighted by Crippen LogP contribution is 2.32. The molecule has 0 unspecified atom stereocenters. The van der Waals surface area contributed by atoms with E-state index in [0.29, 0.717) is 40.4 Å². The number of aromatic nitrogens is 1. The van der Waals surface area contributed by atoms with Gasteiger partial charge in [0.15, 0.2) is 5.13 Å². The molecule has 0 radical (unpaired) electrons. The van der Waals surface area contributed by atoms with E-state index in [2.05, 4.69) is 22.2 Å². The van der Waals surface area contributed by atoms with Crippen molar-refractivity contribution in [1.82, 2.24) is 9.88 Å². The first kappa shape index (κ1) is 25.7. The van der Waals surface area contributed by atoms with Crippen LogP contribution in [0.15, 0.2) is 42.5 Å². The number of aryl methyl sites for hydroxylation is 1. The number of thiazole rings is 1. The fourth-order valence-electron chi connectivity index (χ4n) is 4.26. The normalized spacial score (nSPS) is 15.6. The average Bonchev–Trinajstić information content (AvgIpc) is 3.43. The first-order valence-corrected chi connectivity index (χ1v) is 13.0. The Hall–Kier alpha value is -3.43. The number of ether oxygens (including phenoxy) is 2. The number of nitrogens with one attached hydrogen (secondary N) is 1. The smallest absolute Gasteiger partial charge is 0.308 e. The van der Waals surface area contributed by atoms with Gasteiger partial charge in [0.05, 0.1) is 0 Å². The minimum absolute atomic E-state index is 0.175. The molecule has 4 rings (SSSR count). The number of anilines is 3. The molecule has 9 heteroatoms. The molecular formula is C27H32N4O4S. The van der Waals surface area contributed by atoms with Crippen molar-refractivity contribution in [3.05, 3.63) is 58.5 Å². The molecule has 0 spiro atoms. The maximum atomic E-state index is 13.2. The molecule has 0 amide bonds. The van der Waals surface area contributed by atoms with Crippen LogP contribution in [0.25, 0.3) is 0 Å². The Bertz CT molecular complexity index is 1230. The molecule has 2 aromatic carbocycles. The van der Waals surface area contributed by atoms with Crippen LogP contribution in [0, 0.1) is 0 Å². The number of ketones is 1. The number of nitrogens with zero attached hydrogens (tertiary/aromatic N) is 2. The van der Waals surface area contributed by atoms with Crippen LogP contribution < -0.4 is 20.5 Å². The van der Waals surface area contributed by atoms with Crippen LogP contribution >= 0.6 is 11.3 Å². The lowest BCUT2D eigenvalue weighted by atomic mass is 10.0. The highest BCUT2D eigenvalue weighted by Gasteiger charge is 2.22. The van der Waals surface area contributed by atoms with E-state index >= 15 is 0 Å². The SMILES string of the molecule is CCCc1cc(C(=O)c2sc(Nc3ccc(OC[C@@H]4CCCN4C)cc3)nc2N)ccc1OC(C)=O. The molecule has 190 valence electrons. The van der Waals surface area contributed by atoms with Crippen LogP contribution in [0.1, 0.15) is 53.9 Å². The predicted octanol–water partition coefficient (Wildman–Crippen LogP) is 5.05. The van der Waals surface area contributed by atoms with Crippen molar-refractivity contribution in [2.24, 2.45) is 0 Å². The van der Waals surface area contributed by atoms with Crippen molar-refractivity contribution >= 4 is 39.7 Å². The van der Waals surface area contributed by atoms with Gasteiger partial charge in [-0.1, -0.05) is 24.7 Å². The molecule has 1 saturated heterocycles. The van der Waals surface area contributed by atoms with E-state index in [4.69, 9.17) is 15.2 Å². The van der Waals surface area contributed by atoms with Gasteiger partial charge in [0.1, 0.15) is 28.8 Å². The number of esters is 1. The van der Waals surface area contributed by atoms with E-state index in [1.807, 2.05) is 31.2 Å². The maximum absolute atomic E-state index is 13.2. The number of rotatable bonds is 10. The third-order valence-electron chi connectivity index (χ3n) is 6.17. The second-order valence-electron chi connectivity index (χ2n) is 8.97. The predicted molar refractivity (Wildman–Crippen MR) is 143 cm³/mol. The Balaban J connectivity index is 1.43. The quantitative estimate of drug-likeness (QED) is 0.223. The second-order valence-corrected chi connectivity index (χ2v) is 9.96. The van der Waals surface area contributed by atoms with E-state index in [1.54, 1.807) is 18.2 Å². The van der Waals surface area contributed by atoms with E-state index in [0.717, 1.165) is 30.0 Å². The van der Waals surface area contributed by atoms with E-state index in [1.165, 1.54) is 31.1 Å². The summed E-state index contributed by atoms with van der Waals surface area (Å²) in [5.74, 6) is 0.855. The summed E-state index contributed by atoms with van der Waals surface area (Å²) in [6, 6.07) is 13.2. The van der Waals surface area contributed by atoms with Crippen LogP contribution in [0.2, 0.25) is 0 Å². The van der Waals surface area contributed by atoms with Gasteiger partial charge in [-0.25, -0.2) is 4.98 Å². The molecule has 8 nitrogen and oxygen atoms in total. The number of nitrogen functional groups attached to an aromatic ring is 1. The zero-order valence-electron chi connectivity index (χ0n) is 20.9. The number of nitrogens with two attached hydrogens (primary N) is 1. The van der Waals surface area contributed by atoms with Gasteiger partial charge in [0.25, 0.3) is 0 Å². The van der Waals surface area contributed by atoms with E-state index in [-0.39, 0.29) is 11.6 Å². The largest absolute Gasteiger partial charge is 0.492 e. The summed E-state index contributed by atoms with van der Waals surface area (Å²) in [5.41, 5.74) is 8.21. The fraction of sp³-hybridized carbons (Fsp3) is 0.370. The third kappa shape index (κ3) is 6.22. The van der Waals surface area contributed by atoms with Crippen LogP contribution in [0.3, 0.4) is 0 Å². The summed E-state index contributed by atoms with van der Waals surface area (Å²) in [6.07, 6.45) is 3.92. The topological polar surface area (TPSA) is 107 Å². The summed E-state index contributed by atoms with van der Waals surface area (Å²) in [7, 11) is 2.13. The Kier molecular flexibility index (Phi) is 8.22. The third-order valence-corrected chi connectivity index (χ3v) is 7.16. The summed E-state index contributed by atoms with van der Waals surface area (Å²) in [6.45, 7) is 5.19. The van der Waals surface area contributed by atoms with Gasteiger partial charge in [0.2, 0.25) is 5.78 Å². The summed E-state index contributed by atoms with van der Waals surface area (Å²) in [4.78, 5) is 31.6. The van der Waals surface area contributed by atoms with Crippen molar-refractivity contribution < 1.29 is 19.1 Å². The summed E-state index contributed by atoms with van der Waals surface area (Å²) >= 11 is 1.20. The first-order chi connectivity index (χ1) is 17.3. The lowest BCUT2D eigenvalue weighted by molar-refractivity contribution is -0.131. The lowest BCUT2D eigenvalue weighted by Gasteiger charge is -2.19. The molecule has 3 aromatic rings. The van der Waals surface area contributed by atoms with Crippen molar-refractivity contribution in [3.63, 3.8) is 0 Å². The average molecular weight is 509 g/mol. The molecule has 3 N–H and O–H groups in total. The monoisotopic (exact) mass is 508 g/mol. The molecule has 36 heavy (non-hydrogen) atoms. The van der Waals surface area contributed by atoms with Gasteiger partial charge >= 0.3 is 5.97 Å². The summed E-state index contributed by atoms with van der Waals surface area (Å²) < 4.78 is 11.2. The van der Waals surface area contributed by atoms with Crippen molar-refractivity contribution in [1.29, 1.82) is 0 Å². The van der Waals surface area contributed by atoms with Crippen LogP contribution in [-0.2, 0) is 11.2 Å². The fourth-order valence-corrected chi connectivity index (χ4v) is 5.13. The molecule has 0 aliphatic carbocycles. The Morgan fingerprint density at radius 1 is 1.22 bits per heavy atom. The molecule has 0 bridgehead atoms. The lowest BCUT2D eigenvalue weighted by Crippen LogP contribution is -2.30. The minimum atomic E-state index is -0.394. The molecular weight excluding hydrogens is 476 g/mol. The zero-order valence-corrected chi connectivity index (χ0v) is 21.7. The number of hydrogen-bond donors (Lipinski definition) is 2. The number of hydrogen-bond acceptors (Lipinski definition) is 9. The molecule has 1 aliphatic heterocycles. The Morgan fingerprint density at radius 3 is 2.67 bits per heavy atom. The number of carbonyl (C=O) groups is 2. The Morgan fingerprint density at radius 2 is 2.00 bits per heavy atom. The standard InChI is InChI=1S/C27H32N4O4S/c1-4-6-18-15-19(8-13-23(18)35-17(2)32)24(33)25-26(28)30-27(36-25)29-20-9-11-22(12-10-20)34-16-21-7-5-14-31(21)3/h8-13,15,21H,4-7,14,16,28H2,1-3H3,(H,29,30)/t21-/m0/s1. The molecule has 1 fully saturated rings. The molecule has 1 atom stereocenters. The van der Waals surface area contributed by atoms with Crippen molar-refractivity contribution in [2.45, 2.75) is 45.6 Å². The van der Waals surface area contributed by atoms with Crippen LogP contribution in [-0.4, -0.2) is 47.9 Å². The molecule has 0 saturated carbocycles. The van der Waals surface area contributed by atoms with Crippen LogP contribution in [0.5, 0.6) is 11.5 Å². The van der Waals surface area contributed by atoms with Gasteiger partial charge in [-0.2, -0.15) is 0 Å². The highest BCUT2D eigenvalue weighted by molar-refractivity contribution is 7.18. The van der Waals surface area contributed by atoms with Gasteiger partial charge in [-0.15, -0.1) is 0 Å². The zero-order chi connectivity index (χ0) is 25.7. The second kappa shape index (κ2) is 11.5. The van der Waals surface area contributed by atoms with Crippen LogP contribution in [0.4, 0.5) is 16.6 Å². The van der Waals surface area contributed by atoms with E-state index in [9.17, 15) is 9.59 Å².